The Morgan fingerprint density at radius 3 is 2.67 bits per heavy atom. The molecule has 0 saturated carbocycles. The van der Waals surface area contributed by atoms with Crippen molar-refractivity contribution in [2.24, 2.45) is 5.41 Å². The van der Waals surface area contributed by atoms with Gasteiger partial charge in [-0.15, -0.1) is 11.8 Å². The molecular weight excluding hydrogens is 250 g/mol. The molecule has 1 saturated heterocycles. The first-order valence-corrected chi connectivity index (χ1v) is 7.12. The Bertz CT molecular complexity index is 445. The van der Waals surface area contributed by atoms with Crippen LogP contribution in [-0.4, -0.2) is 40.4 Å². The van der Waals surface area contributed by atoms with E-state index in [0.29, 0.717) is 12.8 Å². The van der Waals surface area contributed by atoms with Crippen molar-refractivity contribution < 1.29 is 9.90 Å². The zero-order chi connectivity index (χ0) is 13.2. The molecule has 1 aliphatic heterocycles. The van der Waals surface area contributed by atoms with Crippen molar-refractivity contribution in [3.05, 3.63) is 12.4 Å². The second-order valence-electron chi connectivity index (χ2n) is 4.77. The molecule has 0 bridgehead atoms. The van der Waals surface area contributed by atoms with E-state index in [9.17, 15) is 9.90 Å². The van der Waals surface area contributed by atoms with E-state index in [2.05, 4.69) is 14.9 Å². The Morgan fingerprint density at radius 1 is 1.44 bits per heavy atom. The number of aromatic nitrogens is 2. The maximum atomic E-state index is 11.2. The molecule has 0 aliphatic carbocycles. The van der Waals surface area contributed by atoms with E-state index in [1.165, 1.54) is 0 Å². The summed E-state index contributed by atoms with van der Waals surface area (Å²) >= 11 is 1.58. The van der Waals surface area contributed by atoms with Crippen LogP contribution < -0.4 is 4.90 Å². The van der Waals surface area contributed by atoms with Crippen LogP contribution in [0.1, 0.15) is 19.8 Å². The number of aliphatic carboxylic acids is 1. The molecule has 1 fully saturated rings. The summed E-state index contributed by atoms with van der Waals surface area (Å²) in [6.45, 7) is 3.28. The fourth-order valence-electron chi connectivity index (χ4n) is 2.06. The van der Waals surface area contributed by atoms with Crippen LogP contribution in [0.4, 0.5) is 5.82 Å². The standard InChI is InChI=1S/C12H17N3O2S/c1-12(11(16)17)3-5-15(6-4-12)9-7-10(18-2)14-8-13-9/h7-8H,3-6H2,1-2H3,(H,16,17). The van der Waals surface area contributed by atoms with Gasteiger partial charge in [0, 0.05) is 19.2 Å². The van der Waals surface area contributed by atoms with Gasteiger partial charge in [-0.25, -0.2) is 9.97 Å². The van der Waals surface area contributed by atoms with Crippen molar-refractivity contribution in [2.75, 3.05) is 24.2 Å². The summed E-state index contributed by atoms with van der Waals surface area (Å²) in [6.07, 6.45) is 4.85. The number of hydrogen-bond acceptors (Lipinski definition) is 5. The molecule has 2 heterocycles. The van der Waals surface area contributed by atoms with Gasteiger partial charge in [-0.3, -0.25) is 4.79 Å². The van der Waals surface area contributed by atoms with Crippen molar-refractivity contribution in [1.82, 2.24) is 9.97 Å². The van der Waals surface area contributed by atoms with Crippen molar-refractivity contribution in [3.63, 3.8) is 0 Å². The number of carboxylic acids is 1. The van der Waals surface area contributed by atoms with Crippen LogP contribution in [0.15, 0.2) is 17.4 Å². The van der Waals surface area contributed by atoms with Gasteiger partial charge < -0.3 is 10.0 Å². The Balaban J connectivity index is 2.07. The predicted molar refractivity (Wildman–Crippen MR) is 71.0 cm³/mol. The van der Waals surface area contributed by atoms with Crippen molar-refractivity contribution >= 4 is 23.5 Å². The van der Waals surface area contributed by atoms with E-state index in [1.54, 1.807) is 18.1 Å². The zero-order valence-corrected chi connectivity index (χ0v) is 11.4. The quantitative estimate of drug-likeness (QED) is 0.666. The summed E-state index contributed by atoms with van der Waals surface area (Å²) in [4.78, 5) is 21.7. The highest BCUT2D eigenvalue weighted by molar-refractivity contribution is 7.98. The van der Waals surface area contributed by atoms with Crippen molar-refractivity contribution in [1.29, 1.82) is 0 Å². The molecular formula is C12H17N3O2S. The van der Waals surface area contributed by atoms with Gasteiger partial charge in [-0.2, -0.15) is 0 Å². The summed E-state index contributed by atoms with van der Waals surface area (Å²) in [5.74, 6) is 0.191. The molecule has 5 nitrogen and oxygen atoms in total. The number of thioether (sulfide) groups is 1. The predicted octanol–water partition coefficient (Wildman–Crippen LogP) is 1.89. The van der Waals surface area contributed by atoms with Gasteiger partial charge in [0.25, 0.3) is 0 Å². The second-order valence-corrected chi connectivity index (χ2v) is 5.60. The van der Waals surface area contributed by atoms with Crippen molar-refractivity contribution in [2.45, 2.75) is 24.8 Å². The van der Waals surface area contributed by atoms with Crippen LogP contribution in [0.5, 0.6) is 0 Å². The fraction of sp³-hybridized carbons (Fsp3) is 0.583. The van der Waals surface area contributed by atoms with Crippen LogP contribution in [0.2, 0.25) is 0 Å². The first-order chi connectivity index (χ1) is 8.55. The third kappa shape index (κ3) is 2.58. The van der Waals surface area contributed by atoms with Gasteiger partial charge in [0.2, 0.25) is 0 Å². The van der Waals surface area contributed by atoms with Crippen LogP contribution in [-0.2, 0) is 4.79 Å². The molecule has 1 aromatic heterocycles. The number of rotatable bonds is 3. The van der Waals surface area contributed by atoms with Crippen LogP contribution in [0, 0.1) is 5.41 Å². The van der Waals surface area contributed by atoms with Crippen LogP contribution in [0.25, 0.3) is 0 Å². The minimum Gasteiger partial charge on any atom is -0.481 e. The summed E-state index contributed by atoms with van der Waals surface area (Å²) in [5, 5.41) is 10.1. The summed E-state index contributed by atoms with van der Waals surface area (Å²) < 4.78 is 0. The van der Waals surface area contributed by atoms with Gasteiger partial charge in [0.15, 0.2) is 0 Å². The summed E-state index contributed by atoms with van der Waals surface area (Å²) in [5.41, 5.74) is -0.591. The fourth-order valence-corrected chi connectivity index (χ4v) is 2.43. The first-order valence-electron chi connectivity index (χ1n) is 5.89. The van der Waals surface area contributed by atoms with E-state index in [4.69, 9.17) is 0 Å². The Labute approximate surface area is 111 Å². The monoisotopic (exact) mass is 267 g/mol. The number of nitrogens with zero attached hydrogens (tertiary/aromatic N) is 3. The largest absolute Gasteiger partial charge is 0.481 e. The number of anilines is 1. The van der Waals surface area contributed by atoms with Gasteiger partial charge in [0.05, 0.1) is 5.41 Å². The van der Waals surface area contributed by atoms with E-state index in [1.807, 2.05) is 19.2 Å². The third-order valence-electron chi connectivity index (χ3n) is 3.54. The van der Waals surface area contributed by atoms with E-state index >= 15 is 0 Å². The zero-order valence-electron chi connectivity index (χ0n) is 10.6. The van der Waals surface area contributed by atoms with Crippen LogP contribution >= 0.6 is 11.8 Å². The van der Waals surface area contributed by atoms with E-state index in [0.717, 1.165) is 23.9 Å². The smallest absolute Gasteiger partial charge is 0.309 e. The van der Waals surface area contributed by atoms with Gasteiger partial charge in [-0.1, -0.05) is 0 Å². The molecule has 1 aromatic rings. The highest BCUT2D eigenvalue weighted by atomic mass is 32.2. The lowest BCUT2D eigenvalue weighted by Crippen LogP contribution is -2.43. The third-order valence-corrected chi connectivity index (χ3v) is 4.19. The molecule has 0 radical (unpaired) electrons. The lowest BCUT2D eigenvalue weighted by atomic mass is 9.80. The lowest BCUT2D eigenvalue weighted by molar-refractivity contribution is -0.149. The number of carboxylic acid groups (broad SMARTS) is 1. The molecule has 0 atom stereocenters. The minimum atomic E-state index is -0.699. The van der Waals surface area contributed by atoms with Crippen molar-refractivity contribution in [3.8, 4) is 0 Å². The number of piperidine rings is 1. The molecule has 0 aromatic carbocycles. The highest BCUT2D eigenvalue weighted by Crippen LogP contribution is 2.32. The summed E-state index contributed by atoms with van der Waals surface area (Å²) in [6, 6.07) is 1.95. The maximum absolute atomic E-state index is 11.2. The van der Waals surface area contributed by atoms with E-state index in [-0.39, 0.29) is 0 Å². The molecule has 0 spiro atoms. The Morgan fingerprint density at radius 2 is 2.11 bits per heavy atom. The molecule has 0 amide bonds. The lowest BCUT2D eigenvalue weighted by Gasteiger charge is -2.37. The molecule has 1 aliphatic rings. The normalized spacial score (nSPS) is 18.7. The molecule has 98 valence electrons. The molecule has 1 N–H and O–H groups in total. The molecule has 18 heavy (non-hydrogen) atoms. The summed E-state index contributed by atoms with van der Waals surface area (Å²) in [7, 11) is 0. The minimum absolute atomic E-state index is 0.591. The van der Waals surface area contributed by atoms with Gasteiger partial charge in [-0.05, 0) is 26.0 Å². The molecule has 2 rings (SSSR count). The SMILES string of the molecule is CSc1cc(N2CCC(C)(C(=O)O)CC2)ncn1. The Hall–Kier alpha value is -1.30. The molecule has 6 heteroatoms. The Kier molecular flexibility index (Phi) is 3.75. The highest BCUT2D eigenvalue weighted by Gasteiger charge is 2.37. The van der Waals surface area contributed by atoms with Gasteiger partial charge >= 0.3 is 5.97 Å². The topological polar surface area (TPSA) is 66.3 Å². The average molecular weight is 267 g/mol. The molecule has 0 unspecified atom stereocenters. The number of hydrogen-bond donors (Lipinski definition) is 1. The maximum Gasteiger partial charge on any atom is 0.309 e. The average Bonchev–Trinajstić information content (AvgIpc) is 2.39. The van der Waals surface area contributed by atoms with Gasteiger partial charge in [0.1, 0.15) is 17.2 Å². The first kappa shape index (κ1) is 13.1. The van der Waals surface area contributed by atoms with E-state index < -0.39 is 11.4 Å². The second kappa shape index (κ2) is 5.14. The van der Waals surface area contributed by atoms with Crippen LogP contribution in [0.3, 0.4) is 0 Å². The number of carbonyl (C=O) groups is 1.